The number of hydrogen-bond acceptors (Lipinski definition) is 5. The summed E-state index contributed by atoms with van der Waals surface area (Å²) in [5.74, 6) is -1.03. The topological polar surface area (TPSA) is 94.5 Å². The molecule has 7 nitrogen and oxygen atoms in total. The van der Waals surface area contributed by atoms with Crippen molar-refractivity contribution in [2.45, 2.75) is 25.3 Å². The van der Waals surface area contributed by atoms with Gasteiger partial charge in [0.1, 0.15) is 0 Å². The van der Waals surface area contributed by atoms with Gasteiger partial charge < -0.3 is 9.30 Å². The number of Topliss-reactive ketones (excluding diaryl/α,β-unsaturated/α-hetero) is 1. The van der Waals surface area contributed by atoms with E-state index in [0.29, 0.717) is 12.1 Å². The maximum Gasteiger partial charge on any atom is 0.338 e. The lowest BCUT2D eigenvalue weighted by Crippen LogP contribution is -2.16. The van der Waals surface area contributed by atoms with Crippen LogP contribution >= 0.6 is 0 Å². The first kappa shape index (κ1) is 24.9. The normalized spacial score (nSPS) is 11.2. The molecule has 0 saturated carbocycles. The number of rotatable bonds is 9. The molecule has 0 aliphatic carbocycles. The number of hydrogen-bond donors (Lipinski definition) is 1. The first-order valence-electron chi connectivity index (χ1n) is 11.3. The largest absolute Gasteiger partial charge is 0.454 e. The van der Waals surface area contributed by atoms with Gasteiger partial charge in [0, 0.05) is 29.2 Å². The third kappa shape index (κ3) is 5.72. The molecule has 0 amide bonds. The van der Waals surface area contributed by atoms with Crippen molar-refractivity contribution in [3.8, 4) is 0 Å². The van der Waals surface area contributed by atoms with Crippen molar-refractivity contribution >= 4 is 27.5 Å². The zero-order valence-corrected chi connectivity index (χ0v) is 20.8. The Morgan fingerprint density at radius 3 is 2.22 bits per heavy atom. The van der Waals surface area contributed by atoms with Crippen molar-refractivity contribution in [1.82, 2.24) is 4.57 Å². The van der Waals surface area contributed by atoms with E-state index in [-0.39, 0.29) is 21.9 Å². The number of aryl methyl sites for hydroxylation is 1. The molecule has 0 saturated heterocycles. The Morgan fingerprint density at radius 2 is 1.53 bits per heavy atom. The van der Waals surface area contributed by atoms with E-state index in [1.54, 1.807) is 30.3 Å². The Bertz CT molecular complexity index is 1490. The molecular formula is C28H26N2O5S. The van der Waals surface area contributed by atoms with E-state index in [1.165, 1.54) is 30.3 Å². The first-order valence-corrected chi connectivity index (χ1v) is 12.8. The monoisotopic (exact) mass is 502 g/mol. The Kier molecular flexibility index (Phi) is 7.36. The van der Waals surface area contributed by atoms with Crippen LogP contribution in [0.15, 0.2) is 95.9 Å². The number of carbonyl (C=O) groups excluding carboxylic acids is 2. The van der Waals surface area contributed by atoms with Crippen LogP contribution in [0, 0.1) is 13.8 Å². The van der Waals surface area contributed by atoms with Crippen LogP contribution in [0.25, 0.3) is 0 Å². The van der Waals surface area contributed by atoms with Crippen molar-refractivity contribution in [3.05, 3.63) is 119 Å². The second-order valence-electron chi connectivity index (χ2n) is 8.36. The van der Waals surface area contributed by atoms with Gasteiger partial charge in [-0.3, -0.25) is 9.52 Å². The number of benzene rings is 3. The van der Waals surface area contributed by atoms with Gasteiger partial charge in [0.25, 0.3) is 10.0 Å². The molecule has 4 aromatic rings. The maximum atomic E-state index is 12.8. The third-order valence-corrected chi connectivity index (χ3v) is 7.19. The Morgan fingerprint density at radius 1 is 0.861 bits per heavy atom. The highest BCUT2D eigenvalue weighted by Crippen LogP contribution is 2.20. The highest BCUT2D eigenvalue weighted by Gasteiger charge is 2.19. The average Bonchev–Trinajstić information content (AvgIpc) is 3.16. The summed E-state index contributed by atoms with van der Waals surface area (Å²) in [7, 11) is -3.81. The number of ketones is 1. The minimum atomic E-state index is -3.81. The van der Waals surface area contributed by atoms with Crippen LogP contribution in [0.4, 0.5) is 5.69 Å². The van der Waals surface area contributed by atoms with E-state index < -0.39 is 22.6 Å². The van der Waals surface area contributed by atoms with Crippen LogP contribution in [-0.2, 0) is 21.3 Å². The molecule has 0 bridgehead atoms. The summed E-state index contributed by atoms with van der Waals surface area (Å²) in [6.45, 7) is 4.01. The van der Waals surface area contributed by atoms with E-state index in [0.717, 1.165) is 17.0 Å². The highest BCUT2D eigenvalue weighted by atomic mass is 32.2. The maximum absolute atomic E-state index is 12.8. The molecule has 4 rings (SSSR count). The molecule has 3 aromatic carbocycles. The van der Waals surface area contributed by atoms with E-state index in [4.69, 9.17) is 4.74 Å². The fourth-order valence-electron chi connectivity index (χ4n) is 3.91. The summed E-state index contributed by atoms with van der Waals surface area (Å²) in [6, 6.07) is 25.6. The van der Waals surface area contributed by atoms with Crippen molar-refractivity contribution in [2.24, 2.45) is 0 Å². The lowest BCUT2D eigenvalue weighted by atomic mass is 10.1. The number of esters is 1. The molecule has 184 valence electrons. The summed E-state index contributed by atoms with van der Waals surface area (Å²) >= 11 is 0. The minimum absolute atomic E-state index is 0.105. The highest BCUT2D eigenvalue weighted by molar-refractivity contribution is 7.92. The molecule has 0 radical (unpaired) electrons. The van der Waals surface area contributed by atoms with Crippen molar-refractivity contribution in [1.29, 1.82) is 0 Å². The number of nitrogens with one attached hydrogen (secondary N) is 1. The van der Waals surface area contributed by atoms with Gasteiger partial charge in [0.15, 0.2) is 6.61 Å². The Hall–Kier alpha value is -4.17. The summed E-state index contributed by atoms with van der Waals surface area (Å²) in [5.41, 5.74) is 3.70. The summed E-state index contributed by atoms with van der Waals surface area (Å²) < 4.78 is 34.9. The number of nitrogens with zero attached hydrogens (tertiary/aromatic N) is 1. The SMILES string of the molecule is Cc1cc(C(=O)COC(=O)c2cccc(NS(=O)(=O)c3ccccc3)c2)c(C)n1Cc1ccccc1. The Labute approximate surface area is 210 Å². The molecule has 0 aliphatic heterocycles. The second kappa shape index (κ2) is 10.6. The van der Waals surface area contributed by atoms with Crippen molar-refractivity contribution < 1.29 is 22.7 Å². The van der Waals surface area contributed by atoms with E-state index >= 15 is 0 Å². The summed E-state index contributed by atoms with van der Waals surface area (Å²) in [4.78, 5) is 25.6. The van der Waals surface area contributed by atoms with Crippen molar-refractivity contribution in [3.63, 3.8) is 0 Å². The fraction of sp³-hybridized carbons (Fsp3) is 0.143. The number of sulfonamides is 1. The van der Waals surface area contributed by atoms with Gasteiger partial charge in [0.2, 0.25) is 5.78 Å². The first-order chi connectivity index (χ1) is 17.2. The molecule has 1 heterocycles. The predicted molar refractivity (Wildman–Crippen MR) is 138 cm³/mol. The molecule has 0 spiro atoms. The quantitative estimate of drug-likeness (QED) is 0.257. The molecule has 0 unspecified atom stereocenters. The molecule has 1 aromatic heterocycles. The Balaban J connectivity index is 1.42. The summed E-state index contributed by atoms with van der Waals surface area (Å²) in [5, 5.41) is 0. The average molecular weight is 503 g/mol. The van der Waals surface area contributed by atoms with E-state index in [9.17, 15) is 18.0 Å². The van der Waals surface area contributed by atoms with Crippen LogP contribution < -0.4 is 4.72 Å². The molecule has 8 heteroatoms. The zero-order chi connectivity index (χ0) is 25.7. The minimum Gasteiger partial charge on any atom is -0.454 e. The number of anilines is 1. The van der Waals surface area contributed by atoms with Gasteiger partial charge in [-0.15, -0.1) is 0 Å². The predicted octanol–water partition coefficient (Wildman–Crippen LogP) is 4.99. The number of aromatic nitrogens is 1. The van der Waals surface area contributed by atoms with Gasteiger partial charge in [-0.1, -0.05) is 54.6 Å². The van der Waals surface area contributed by atoms with Gasteiger partial charge in [0.05, 0.1) is 10.5 Å². The molecule has 0 aliphatic rings. The molecule has 0 atom stereocenters. The third-order valence-electron chi connectivity index (χ3n) is 5.80. The zero-order valence-electron chi connectivity index (χ0n) is 20.0. The van der Waals surface area contributed by atoms with E-state index in [1.807, 2.05) is 48.7 Å². The van der Waals surface area contributed by atoms with Crippen molar-refractivity contribution in [2.75, 3.05) is 11.3 Å². The van der Waals surface area contributed by atoms with Crippen LogP contribution in [0.2, 0.25) is 0 Å². The molecular weight excluding hydrogens is 476 g/mol. The summed E-state index contributed by atoms with van der Waals surface area (Å²) in [6.07, 6.45) is 0. The van der Waals surface area contributed by atoms with Gasteiger partial charge >= 0.3 is 5.97 Å². The smallest absolute Gasteiger partial charge is 0.338 e. The van der Waals surface area contributed by atoms with Gasteiger partial charge in [-0.2, -0.15) is 0 Å². The van der Waals surface area contributed by atoms with Crippen LogP contribution in [0.5, 0.6) is 0 Å². The molecule has 36 heavy (non-hydrogen) atoms. The van der Waals surface area contributed by atoms with Crippen LogP contribution in [-0.4, -0.2) is 31.3 Å². The second-order valence-corrected chi connectivity index (χ2v) is 10.0. The lowest BCUT2D eigenvalue weighted by Gasteiger charge is -2.10. The van der Waals surface area contributed by atoms with E-state index in [2.05, 4.69) is 4.72 Å². The standard InChI is InChI=1S/C28H26N2O5S/c1-20-16-26(21(2)30(20)18-22-10-5-3-6-11-22)27(31)19-35-28(32)23-12-9-13-24(17-23)29-36(33,34)25-14-7-4-8-15-25/h3-17,29H,18-19H2,1-2H3. The lowest BCUT2D eigenvalue weighted by molar-refractivity contribution is 0.0474. The molecule has 0 fully saturated rings. The number of ether oxygens (including phenoxy) is 1. The number of carbonyl (C=O) groups is 2. The van der Waals surface area contributed by atoms with Gasteiger partial charge in [-0.05, 0) is 55.8 Å². The van der Waals surface area contributed by atoms with Gasteiger partial charge in [-0.25, -0.2) is 13.2 Å². The fourth-order valence-corrected chi connectivity index (χ4v) is 4.98. The molecule has 1 N–H and O–H groups in total. The van der Waals surface area contributed by atoms with Crippen LogP contribution in [0.1, 0.15) is 37.7 Å². The van der Waals surface area contributed by atoms with Crippen LogP contribution in [0.3, 0.4) is 0 Å².